The van der Waals surface area contributed by atoms with Crippen LogP contribution < -0.4 is 5.32 Å². The van der Waals surface area contributed by atoms with E-state index in [0.717, 1.165) is 35.8 Å². The van der Waals surface area contributed by atoms with E-state index in [1.165, 1.54) is 0 Å². The van der Waals surface area contributed by atoms with Crippen LogP contribution in [-0.2, 0) is 24.1 Å². The van der Waals surface area contributed by atoms with Crippen molar-refractivity contribution >= 4 is 11.6 Å². The number of aromatic nitrogens is 2. The van der Waals surface area contributed by atoms with E-state index in [9.17, 15) is 0 Å². The SMILES string of the molecule is CCc1nn(CC)c(CC(NC)C(OC)C(C)C)c1Cl. The number of ether oxygens (including phenoxy) is 1. The number of likely N-dealkylation sites (N-methyl/N-ethyl adjacent to an activating group) is 1. The third kappa shape index (κ3) is 3.74. The molecule has 1 rings (SSSR count). The minimum absolute atomic E-state index is 0.154. The highest BCUT2D eigenvalue weighted by Gasteiger charge is 2.26. The van der Waals surface area contributed by atoms with E-state index >= 15 is 0 Å². The van der Waals surface area contributed by atoms with Gasteiger partial charge < -0.3 is 10.1 Å². The number of aryl methyl sites for hydroxylation is 2. The van der Waals surface area contributed by atoms with Gasteiger partial charge in [-0.3, -0.25) is 4.68 Å². The molecule has 2 atom stereocenters. The summed E-state index contributed by atoms with van der Waals surface area (Å²) in [4.78, 5) is 0. The van der Waals surface area contributed by atoms with Crippen LogP contribution in [0.25, 0.3) is 0 Å². The average Bonchev–Trinajstić information content (AvgIpc) is 2.74. The summed E-state index contributed by atoms with van der Waals surface area (Å²) in [5, 5.41) is 8.76. The lowest BCUT2D eigenvalue weighted by atomic mass is 9.95. The molecule has 1 N–H and O–H groups in total. The van der Waals surface area contributed by atoms with E-state index in [1.807, 2.05) is 11.7 Å². The standard InChI is InChI=1S/C15H28ClN3O/c1-7-11-14(16)13(19(8-2)18-11)9-12(17-5)15(20-6)10(3)4/h10,12,15,17H,7-9H2,1-6H3. The van der Waals surface area contributed by atoms with Crippen molar-refractivity contribution in [1.29, 1.82) is 0 Å². The molecular weight excluding hydrogens is 274 g/mol. The van der Waals surface area contributed by atoms with E-state index in [-0.39, 0.29) is 12.1 Å². The van der Waals surface area contributed by atoms with Crippen molar-refractivity contribution in [2.45, 2.75) is 59.2 Å². The second kappa shape index (κ2) is 8.01. The molecule has 0 saturated carbocycles. The van der Waals surface area contributed by atoms with Crippen molar-refractivity contribution in [2.24, 2.45) is 5.92 Å². The number of nitrogens with one attached hydrogen (secondary N) is 1. The number of methoxy groups -OCH3 is 1. The zero-order valence-electron chi connectivity index (χ0n) is 13.5. The lowest BCUT2D eigenvalue weighted by molar-refractivity contribution is 0.0349. The summed E-state index contributed by atoms with van der Waals surface area (Å²) in [7, 11) is 3.74. The van der Waals surface area contributed by atoms with Crippen molar-refractivity contribution in [2.75, 3.05) is 14.2 Å². The first kappa shape index (κ1) is 17.5. The Morgan fingerprint density at radius 1 is 1.35 bits per heavy atom. The van der Waals surface area contributed by atoms with E-state index in [1.54, 1.807) is 7.11 Å². The Morgan fingerprint density at radius 2 is 2.00 bits per heavy atom. The summed E-state index contributed by atoms with van der Waals surface area (Å²) in [5.41, 5.74) is 2.09. The monoisotopic (exact) mass is 301 g/mol. The van der Waals surface area contributed by atoms with E-state index in [4.69, 9.17) is 16.3 Å². The van der Waals surface area contributed by atoms with Gasteiger partial charge in [0.1, 0.15) is 0 Å². The van der Waals surface area contributed by atoms with Gasteiger partial charge in [0.2, 0.25) is 0 Å². The molecule has 0 spiro atoms. The van der Waals surface area contributed by atoms with Gasteiger partial charge in [0.15, 0.2) is 0 Å². The summed E-state index contributed by atoms with van der Waals surface area (Å²) < 4.78 is 7.66. The molecule has 0 aliphatic heterocycles. The van der Waals surface area contributed by atoms with Gasteiger partial charge in [-0.1, -0.05) is 32.4 Å². The van der Waals surface area contributed by atoms with Crippen LogP contribution in [0.4, 0.5) is 0 Å². The van der Waals surface area contributed by atoms with Crippen molar-refractivity contribution in [3.63, 3.8) is 0 Å². The Balaban J connectivity index is 3.03. The fraction of sp³-hybridized carbons (Fsp3) is 0.800. The van der Waals surface area contributed by atoms with E-state index < -0.39 is 0 Å². The Kier molecular flexibility index (Phi) is 7.00. The van der Waals surface area contributed by atoms with Crippen molar-refractivity contribution < 1.29 is 4.74 Å². The minimum Gasteiger partial charge on any atom is -0.380 e. The first-order valence-corrected chi connectivity index (χ1v) is 7.81. The molecule has 0 aliphatic rings. The van der Waals surface area contributed by atoms with Gasteiger partial charge in [0.25, 0.3) is 0 Å². The van der Waals surface area contributed by atoms with Crippen LogP contribution in [0.2, 0.25) is 5.02 Å². The molecule has 0 bridgehead atoms. The summed E-state index contributed by atoms with van der Waals surface area (Å²) in [6, 6.07) is 0.226. The molecule has 0 fully saturated rings. The second-order valence-corrected chi connectivity index (χ2v) is 5.80. The molecule has 0 amide bonds. The van der Waals surface area contributed by atoms with Gasteiger partial charge in [-0.05, 0) is 26.3 Å². The number of halogens is 1. The van der Waals surface area contributed by atoms with Gasteiger partial charge in [-0.15, -0.1) is 0 Å². The first-order chi connectivity index (χ1) is 9.49. The Morgan fingerprint density at radius 3 is 2.40 bits per heavy atom. The average molecular weight is 302 g/mol. The fourth-order valence-electron chi connectivity index (χ4n) is 2.70. The van der Waals surface area contributed by atoms with Crippen LogP contribution in [0.5, 0.6) is 0 Å². The van der Waals surface area contributed by atoms with Gasteiger partial charge in [0, 0.05) is 26.1 Å². The Bertz CT molecular complexity index is 417. The lowest BCUT2D eigenvalue weighted by Gasteiger charge is -2.29. The minimum atomic E-state index is 0.154. The number of rotatable bonds is 8. The molecule has 116 valence electrons. The van der Waals surface area contributed by atoms with Gasteiger partial charge in [-0.25, -0.2) is 0 Å². The maximum Gasteiger partial charge on any atom is 0.0850 e. The summed E-state index contributed by atoms with van der Waals surface area (Å²) >= 11 is 6.48. The van der Waals surface area contributed by atoms with Crippen LogP contribution in [-0.4, -0.2) is 36.1 Å². The summed E-state index contributed by atoms with van der Waals surface area (Å²) in [6.45, 7) is 9.37. The molecule has 2 unspecified atom stereocenters. The quantitative estimate of drug-likeness (QED) is 0.802. The predicted octanol–water partition coefficient (Wildman–Crippen LogP) is 2.92. The Hall–Kier alpha value is -0.580. The first-order valence-electron chi connectivity index (χ1n) is 7.44. The second-order valence-electron chi connectivity index (χ2n) is 5.42. The van der Waals surface area contributed by atoms with Crippen molar-refractivity contribution in [1.82, 2.24) is 15.1 Å². The molecule has 4 nitrogen and oxygen atoms in total. The smallest absolute Gasteiger partial charge is 0.0850 e. The van der Waals surface area contributed by atoms with Crippen LogP contribution >= 0.6 is 11.6 Å². The van der Waals surface area contributed by atoms with Crippen LogP contribution in [0.1, 0.15) is 39.1 Å². The molecule has 1 aromatic rings. The van der Waals surface area contributed by atoms with Crippen LogP contribution in [0, 0.1) is 5.92 Å². The molecule has 0 radical (unpaired) electrons. The highest BCUT2D eigenvalue weighted by molar-refractivity contribution is 6.31. The van der Waals surface area contributed by atoms with Crippen molar-refractivity contribution in [3.05, 3.63) is 16.4 Å². The number of hydrogen-bond acceptors (Lipinski definition) is 3. The fourth-order valence-corrected chi connectivity index (χ4v) is 3.05. The maximum absolute atomic E-state index is 6.48. The third-order valence-electron chi connectivity index (χ3n) is 3.80. The topological polar surface area (TPSA) is 39.1 Å². The van der Waals surface area contributed by atoms with Gasteiger partial charge >= 0.3 is 0 Å². The van der Waals surface area contributed by atoms with Crippen LogP contribution in [0.3, 0.4) is 0 Å². The molecule has 0 aliphatic carbocycles. The number of hydrogen-bond donors (Lipinski definition) is 1. The van der Waals surface area contributed by atoms with Gasteiger partial charge in [-0.2, -0.15) is 5.10 Å². The largest absolute Gasteiger partial charge is 0.380 e. The maximum atomic E-state index is 6.48. The van der Waals surface area contributed by atoms with Crippen molar-refractivity contribution in [3.8, 4) is 0 Å². The molecule has 1 aromatic heterocycles. The summed E-state index contributed by atoms with van der Waals surface area (Å²) in [6.07, 6.45) is 1.84. The summed E-state index contributed by atoms with van der Waals surface area (Å²) in [5.74, 6) is 0.444. The van der Waals surface area contributed by atoms with Gasteiger partial charge in [0.05, 0.1) is 22.5 Å². The van der Waals surface area contributed by atoms with Crippen LogP contribution in [0.15, 0.2) is 0 Å². The highest BCUT2D eigenvalue weighted by Crippen LogP contribution is 2.24. The number of nitrogens with zero attached hydrogens (tertiary/aromatic N) is 2. The lowest BCUT2D eigenvalue weighted by Crippen LogP contribution is -2.44. The third-order valence-corrected chi connectivity index (χ3v) is 4.24. The molecular formula is C15H28ClN3O. The van der Waals surface area contributed by atoms with E-state index in [2.05, 4.69) is 38.1 Å². The zero-order chi connectivity index (χ0) is 15.3. The zero-order valence-corrected chi connectivity index (χ0v) is 14.3. The predicted molar refractivity (Wildman–Crippen MR) is 84.5 cm³/mol. The van der Waals surface area contributed by atoms with E-state index in [0.29, 0.717) is 5.92 Å². The molecule has 0 saturated heterocycles. The molecule has 0 aromatic carbocycles. The normalized spacial score (nSPS) is 14.8. The molecule has 1 heterocycles. The Labute approximate surface area is 127 Å². The highest BCUT2D eigenvalue weighted by atomic mass is 35.5. The molecule has 5 heteroatoms. The molecule has 20 heavy (non-hydrogen) atoms.